The fourth-order valence-electron chi connectivity index (χ4n) is 6.99. The van der Waals surface area contributed by atoms with E-state index in [0.717, 1.165) is 89.9 Å². The third kappa shape index (κ3) is 49.5. The molecule has 0 amide bonds. The van der Waals surface area contributed by atoms with E-state index in [1.807, 2.05) is 6.08 Å². The minimum atomic E-state index is -0.812. The highest BCUT2D eigenvalue weighted by molar-refractivity contribution is 5.71. The predicted molar refractivity (Wildman–Crippen MR) is 270 cm³/mol. The summed E-state index contributed by atoms with van der Waals surface area (Å²) in [6, 6.07) is 0. The van der Waals surface area contributed by atoms with Crippen molar-refractivity contribution in [2.24, 2.45) is 0 Å². The molecule has 1 unspecified atom stereocenters. The maximum absolute atomic E-state index is 12.8. The van der Waals surface area contributed by atoms with Crippen molar-refractivity contribution in [3.8, 4) is 0 Å². The molecule has 0 aromatic heterocycles. The van der Waals surface area contributed by atoms with Gasteiger partial charge in [0.15, 0.2) is 6.10 Å². The molecule has 0 spiro atoms. The van der Waals surface area contributed by atoms with Gasteiger partial charge >= 0.3 is 17.9 Å². The Morgan fingerprint density at radius 3 is 1.08 bits per heavy atom. The first-order valence-corrected chi connectivity index (χ1v) is 26.1. The van der Waals surface area contributed by atoms with E-state index in [2.05, 4.69) is 99.8 Å². The van der Waals surface area contributed by atoms with Crippen LogP contribution in [-0.2, 0) is 28.6 Å². The van der Waals surface area contributed by atoms with Crippen molar-refractivity contribution in [3.05, 3.63) is 85.1 Å². The molecule has 0 bridgehead atoms. The molecule has 0 aromatic rings. The first-order valence-electron chi connectivity index (χ1n) is 26.1. The molecule has 0 N–H and O–H groups in total. The monoisotopic (exact) mass is 877 g/mol. The molecule has 0 aromatic carbocycles. The van der Waals surface area contributed by atoms with Crippen molar-refractivity contribution in [2.45, 2.75) is 245 Å². The van der Waals surface area contributed by atoms with Crippen molar-refractivity contribution in [3.63, 3.8) is 0 Å². The van der Waals surface area contributed by atoms with Gasteiger partial charge in [-0.3, -0.25) is 14.4 Å². The Morgan fingerprint density at radius 2 is 0.651 bits per heavy atom. The SMILES string of the molecule is CC/C=C\C/C=C\C/C=C\C/C=C\C/C=C\C/C=C\CCC(=O)OCC(COC(=O)CCCCCCCCCCCCCC)OC(=O)CCCCC/C=C\CCCCCCCCC. The summed E-state index contributed by atoms with van der Waals surface area (Å²) in [6.45, 7) is 6.44. The van der Waals surface area contributed by atoms with Crippen molar-refractivity contribution in [1.82, 2.24) is 0 Å². The second kappa shape index (κ2) is 51.2. The van der Waals surface area contributed by atoms with Gasteiger partial charge in [0.05, 0.1) is 0 Å². The predicted octanol–water partition coefficient (Wildman–Crippen LogP) is 17.2. The van der Waals surface area contributed by atoms with Crippen molar-refractivity contribution in [1.29, 1.82) is 0 Å². The van der Waals surface area contributed by atoms with E-state index < -0.39 is 6.10 Å². The van der Waals surface area contributed by atoms with Crippen LogP contribution in [0, 0.1) is 0 Å². The zero-order chi connectivity index (χ0) is 45.8. The fraction of sp³-hybridized carbons (Fsp3) is 0.702. The highest BCUT2D eigenvalue weighted by Crippen LogP contribution is 2.14. The van der Waals surface area contributed by atoms with Crippen LogP contribution in [0.5, 0.6) is 0 Å². The van der Waals surface area contributed by atoms with E-state index in [9.17, 15) is 14.4 Å². The number of unbranched alkanes of at least 4 members (excludes halogenated alkanes) is 21. The van der Waals surface area contributed by atoms with E-state index in [-0.39, 0.29) is 37.5 Å². The Balaban J connectivity index is 4.51. The molecule has 6 nitrogen and oxygen atoms in total. The maximum Gasteiger partial charge on any atom is 0.306 e. The van der Waals surface area contributed by atoms with Crippen molar-refractivity contribution in [2.75, 3.05) is 13.2 Å². The lowest BCUT2D eigenvalue weighted by atomic mass is 10.0. The number of ether oxygens (including phenoxy) is 3. The molecular formula is C57H96O6. The Bertz CT molecular complexity index is 1240. The average molecular weight is 877 g/mol. The molecule has 6 heteroatoms. The van der Waals surface area contributed by atoms with E-state index in [1.165, 1.54) is 103 Å². The molecule has 0 heterocycles. The lowest BCUT2D eigenvalue weighted by Crippen LogP contribution is -2.30. The summed E-state index contributed by atoms with van der Waals surface area (Å²) in [4.78, 5) is 37.9. The number of rotatable bonds is 46. The summed E-state index contributed by atoms with van der Waals surface area (Å²) in [6.07, 6.45) is 65.8. The zero-order valence-corrected chi connectivity index (χ0v) is 41.1. The van der Waals surface area contributed by atoms with Gasteiger partial charge in [-0.25, -0.2) is 0 Å². The highest BCUT2D eigenvalue weighted by Gasteiger charge is 2.19. The zero-order valence-electron chi connectivity index (χ0n) is 41.1. The number of esters is 3. The Kier molecular flexibility index (Phi) is 48.5. The highest BCUT2D eigenvalue weighted by atomic mass is 16.6. The summed E-state index contributed by atoms with van der Waals surface area (Å²) in [5.74, 6) is -1.01. The molecule has 0 aliphatic carbocycles. The summed E-state index contributed by atoms with van der Waals surface area (Å²) >= 11 is 0. The first-order chi connectivity index (χ1) is 31.0. The van der Waals surface area contributed by atoms with Crippen LogP contribution in [0.2, 0.25) is 0 Å². The van der Waals surface area contributed by atoms with Crippen molar-refractivity contribution < 1.29 is 28.6 Å². The van der Waals surface area contributed by atoms with Crippen molar-refractivity contribution >= 4 is 17.9 Å². The van der Waals surface area contributed by atoms with Crippen LogP contribution in [-0.4, -0.2) is 37.2 Å². The summed E-state index contributed by atoms with van der Waals surface area (Å²) in [7, 11) is 0. The number of hydrogen-bond acceptors (Lipinski definition) is 6. The number of hydrogen-bond donors (Lipinski definition) is 0. The van der Waals surface area contributed by atoms with Gasteiger partial charge in [-0.1, -0.05) is 221 Å². The van der Waals surface area contributed by atoms with Crippen LogP contribution in [0.3, 0.4) is 0 Å². The average Bonchev–Trinajstić information content (AvgIpc) is 3.28. The van der Waals surface area contributed by atoms with E-state index in [0.29, 0.717) is 19.3 Å². The van der Waals surface area contributed by atoms with Crippen LogP contribution >= 0.6 is 0 Å². The summed E-state index contributed by atoms with van der Waals surface area (Å²) < 4.78 is 16.7. The molecule has 0 saturated carbocycles. The minimum Gasteiger partial charge on any atom is -0.462 e. The molecule has 360 valence electrons. The van der Waals surface area contributed by atoms with Gasteiger partial charge in [0, 0.05) is 19.3 Å². The molecule has 0 aliphatic heterocycles. The van der Waals surface area contributed by atoms with Crippen LogP contribution in [0.4, 0.5) is 0 Å². The molecule has 0 fully saturated rings. The fourth-order valence-corrected chi connectivity index (χ4v) is 6.99. The van der Waals surface area contributed by atoms with Gasteiger partial charge in [0.2, 0.25) is 0 Å². The third-order valence-electron chi connectivity index (χ3n) is 10.9. The van der Waals surface area contributed by atoms with E-state index >= 15 is 0 Å². The molecule has 63 heavy (non-hydrogen) atoms. The first kappa shape index (κ1) is 59.6. The van der Waals surface area contributed by atoms with Crippen LogP contribution in [0.25, 0.3) is 0 Å². The van der Waals surface area contributed by atoms with Gasteiger partial charge in [-0.15, -0.1) is 0 Å². The van der Waals surface area contributed by atoms with Crippen LogP contribution in [0.15, 0.2) is 85.1 Å². The second-order valence-corrected chi connectivity index (χ2v) is 17.1. The van der Waals surface area contributed by atoms with Gasteiger partial charge in [-0.2, -0.15) is 0 Å². The van der Waals surface area contributed by atoms with E-state index in [1.54, 1.807) is 0 Å². The largest absolute Gasteiger partial charge is 0.462 e. The second-order valence-electron chi connectivity index (χ2n) is 17.1. The minimum absolute atomic E-state index is 0.104. The smallest absolute Gasteiger partial charge is 0.306 e. The molecule has 0 rings (SSSR count). The Morgan fingerprint density at radius 1 is 0.333 bits per heavy atom. The Labute approximate surface area is 388 Å². The number of carbonyl (C=O) groups is 3. The molecule has 0 aliphatic rings. The van der Waals surface area contributed by atoms with Gasteiger partial charge in [-0.05, 0) is 83.5 Å². The van der Waals surface area contributed by atoms with Gasteiger partial charge < -0.3 is 14.2 Å². The lowest BCUT2D eigenvalue weighted by molar-refractivity contribution is -0.166. The molecular weight excluding hydrogens is 781 g/mol. The van der Waals surface area contributed by atoms with E-state index in [4.69, 9.17) is 14.2 Å². The van der Waals surface area contributed by atoms with Crippen LogP contribution in [0.1, 0.15) is 239 Å². The quantitative estimate of drug-likeness (QED) is 0.0262. The molecule has 0 radical (unpaired) electrons. The Hall–Kier alpha value is -3.41. The summed E-state index contributed by atoms with van der Waals surface area (Å²) in [5, 5.41) is 0. The topological polar surface area (TPSA) is 78.9 Å². The van der Waals surface area contributed by atoms with Crippen LogP contribution < -0.4 is 0 Å². The maximum atomic E-state index is 12.8. The number of allylic oxidation sites excluding steroid dienone is 14. The summed E-state index contributed by atoms with van der Waals surface area (Å²) in [5.41, 5.74) is 0. The number of carbonyl (C=O) groups excluding carboxylic acids is 3. The molecule has 1 atom stereocenters. The molecule has 0 saturated heterocycles. The van der Waals surface area contributed by atoms with Gasteiger partial charge in [0.1, 0.15) is 13.2 Å². The normalized spacial score (nSPS) is 12.7. The third-order valence-corrected chi connectivity index (χ3v) is 10.9. The lowest BCUT2D eigenvalue weighted by Gasteiger charge is -2.18. The standard InChI is InChI=1S/C57H96O6/c1-4-7-10-13-16-19-22-25-27-28-29-30-31-33-35-38-41-44-47-50-56(59)62-53-54(52-61-55(58)49-46-43-40-37-34-24-21-18-15-12-9-6-3)63-57(60)51-48-45-42-39-36-32-26-23-20-17-14-11-8-5-2/h7,10,16,19,25,27,29-30,32-33,35-36,41,44,54H,4-6,8-9,11-15,17-18,20-24,26,28,31,34,37-40,42-43,45-53H2,1-3H3/b10-7-,19-16-,27-25-,30-29-,35-33-,36-32-,44-41-. The van der Waals surface area contributed by atoms with Gasteiger partial charge in [0.25, 0.3) is 0 Å².